The van der Waals surface area contributed by atoms with Crippen LogP contribution in [0.2, 0.25) is 0 Å². The van der Waals surface area contributed by atoms with E-state index in [1.807, 2.05) is 31.2 Å². The third-order valence-corrected chi connectivity index (χ3v) is 2.67. The van der Waals surface area contributed by atoms with Gasteiger partial charge in [0.15, 0.2) is 0 Å². The summed E-state index contributed by atoms with van der Waals surface area (Å²) in [6, 6.07) is 8.23. The van der Waals surface area contributed by atoms with Gasteiger partial charge in [-0.05, 0) is 25.0 Å². The molecule has 0 aliphatic heterocycles. The molecule has 106 valence electrons. The lowest BCUT2D eigenvalue weighted by Gasteiger charge is -2.10. The number of hydrogen-bond donors (Lipinski definition) is 1. The van der Waals surface area contributed by atoms with Crippen LogP contribution in [0.5, 0.6) is 17.8 Å². The van der Waals surface area contributed by atoms with E-state index in [2.05, 4.69) is 27.2 Å². The second-order valence-corrected chi connectivity index (χ2v) is 4.02. The Kier molecular flexibility index (Phi) is 4.70. The molecule has 0 saturated heterocycles. The van der Waals surface area contributed by atoms with Crippen molar-refractivity contribution in [3.8, 4) is 17.8 Å². The second kappa shape index (κ2) is 6.70. The third-order valence-electron chi connectivity index (χ3n) is 2.67. The largest absolute Gasteiger partial charge is 0.467 e. The van der Waals surface area contributed by atoms with Gasteiger partial charge in [-0.15, -0.1) is 4.98 Å². The van der Waals surface area contributed by atoms with Crippen molar-refractivity contribution in [3.05, 3.63) is 29.8 Å². The number of anilines is 1. The van der Waals surface area contributed by atoms with Crippen LogP contribution in [0.4, 0.5) is 5.95 Å². The SMILES string of the molecule is CCNc1nc(OC)nc(Oc2ccccc2CC)n1. The van der Waals surface area contributed by atoms with Gasteiger partial charge in [-0.25, -0.2) is 0 Å². The van der Waals surface area contributed by atoms with Crippen molar-refractivity contribution in [2.24, 2.45) is 0 Å². The minimum absolute atomic E-state index is 0.216. The van der Waals surface area contributed by atoms with Crippen LogP contribution in [-0.4, -0.2) is 28.6 Å². The Balaban J connectivity index is 2.30. The van der Waals surface area contributed by atoms with Gasteiger partial charge in [-0.3, -0.25) is 0 Å². The van der Waals surface area contributed by atoms with Gasteiger partial charge in [-0.2, -0.15) is 9.97 Å². The molecule has 20 heavy (non-hydrogen) atoms. The molecule has 0 atom stereocenters. The number of methoxy groups -OCH3 is 1. The fourth-order valence-corrected chi connectivity index (χ4v) is 1.71. The van der Waals surface area contributed by atoms with Crippen LogP contribution in [-0.2, 0) is 6.42 Å². The van der Waals surface area contributed by atoms with E-state index < -0.39 is 0 Å². The molecule has 1 aromatic heterocycles. The van der Waals surface area contributed by atoms with Gasteiger partial charge in [-0.1, -0.05) is 25.1 Å². The van der Waals surface area contributed by atoms with Crippen molar-refractivity contribution in [3.63, 3.8) is 0 Å². The van der Waals surface area contributed by atoms with Gasteiger partial charge in [0.2, 0.25) is 5.95 Å². The lowest BCUT2D eigenvalue weighted by Crippen LogP contribution is -2.06. The summed E-state index contributed by atoms with van der Waals surface area (Å²) in [5.74, 6) is 1.18. The molecule has 0 radical (unpaired) electrons. The molecule has 0 saturated carbocycles. The van der Waals surface area contributed by atoms with E-state index >= 15 is 0 Å². The van der Waals surface area contributed by atoms with Crippen LogP contribution in [0.15, 0.2) is 24.3 Å². The Morgan fingerprint density at radius 1 is 1.05 bits per heavy atom. The van der Waals surface area contributed by atoms with Crippen LogP contribution in [0.25, 0.3) is 0 Å². The number of ether oxygens (including phenoxy) is 2. The monoisotopic (exact) mass is 274 g/mol. The van der Waals surface area contributed by atoms with Crippen LogP contribution < -0.4 is 14.8 Å². The highest BCUT2D eigenvalue weighted by atomic mass is 16.5. The average molecular weight is 274 g/mol. The summed E-state index contributed by atoms with van der Waals surface area (Å²) in [6.45, 7) is 4.74. The van der Waals surface area contributed by atoms with Gasteiger partial charge in [0.05, 0.1) is 7.11 Å². The number of rotatable bonds is 6. The van der Waals surface area contributed by atoms with E-state index in [1.54, 1.807) is 0 Å². The van der Waals surface area contributed by atoms with E-state index in [9.17, 15) is 0 Å². The van der Waals surface area contributed by atoms with Crippen LogP contribution in [0, 0.1) is 0 Å². The van der Waals surface area contributed by atoms with Crippen molar-refractivity contribution in [2.75, 3.05) is 19.0 Å². The molecule has 0 amide bonds. The maximum absolute atomic E-state index is 5.75. The van der Waals surface area contributed by atoms with Gasteiger partial charge in [0.25, 0.3) is 0 Å². The Labute approximate surface area is 118 Å². The summed E-state index contributed by atoms with van der Waals surface area (Å²) in [5.41, 5.74) is 1.09. The summed E-state index contributed by atoms with van der Waals surface area (Å²) in [5, 5.41) is 3.01. The number of aromatic nitrogens is 3. The van der Waals surface area contributed by atoms with E-state index in [1.165, 1.54) is 7.11 Å². The standard InChI is InChI=1S/C14H18N4O2/c1-4-10-8-6-7-9-11(10)20-14-17-12(15-5-2)16-13(18-14)19-3/h6-9H,4-5H2,1-3H3,(H,15,16,17,18). The smallest absolute Gasteiger partial charge is 0.330 e. The van der Waals surface area contributed by atoms with Gasteiger partial charge < -0.3 is 14.8 Å². The van der Waals surface area contributed by atoms with Crippen LogP contribution >= 0.6 is 0 Å². The Hall–Kier alpha value is -2.37. The lowest BCUT2D eigenvalue weighted by atomic mass is 10.1. The first kappa shape index (κ1) is 14.0. The van der Waals surface area contributed by atoms with Crippen molar-refractivity contribution >= 4 is 5.95 Å². The maximum atomic E-state index is 5.75. The zero-order valence-electron chi connectivity index (χ0n) is 11.9. The molecule has 0 fully saturated rings. The molecule has 0 bridgehead atoms. The highest BCUT2D eigenvalue weighted by Gasteiger charge is 2.10. The first-order chi connectivity index (χ1) is 9.76. The van der Waals surface area contributed by atoms with Gasteiger partial charge in [0, 0.05) is 6.54 Å². The summed E-state index contributed by atoms with van der Waals surface area (Å²) >= 11 is 0. The molecule has 2 aromatic rings. The number of hydrogen-bond acceptors (Lipinski definition) is 6. The molecule has 1 N–H and O–H groups in total. The first-order valence-electron chi connectivity index (χ1n) is 6.56. The average Bonchev–Trinajstić information content (AvgIpc) is 2.48. The lowest BCUT2D eigenvalue weighted by molar-refractivity contribution is 0.359. The molecule has 0 unspecified atom stereocenters. The number of para-hydroxylation sites is 1. The minimum atomic E-state index is 0.216. The quantitative estimate of drug-likeness (QED) is 0.873. The zero-order chi connectivity index (χ0) is 14.4. The maximum Gasteiger partial charge on any atom is 0.330 e. The first-order valence-corrected chi connectivity index (χ1v) is 6.56. The van der Waals surface area contributed by atoms with E-state index in [0.29, 0.717) is 12.5 Å². The predicted molar refractivity (Wildman–Crippen MR) is 76.4 cm³/mol. The molecule has 0 aliphatic rings. The van der Waals surface area contributed by atoms with Crippen molar-refractivity contribution in [1.82, 2.24) is 15.0 Å². The fraction of sp³-hybridized carbons (Fsp3) is 0.357. The molecule has 2 rings (SSSR count). The molecule has 6 nitrogen and oxygen atoms in total. The number of benzene rings is 1. The summed E-state index contributed by atoms with van der Waals surface area (Å²) in [4.78, 5) is 12.4. The van der Waals surface area contributed by atoms with Gasteiger partial charge in [0.1, 0.15) is 5.75 Å². The molecule has 1 aromatic carbocycles. The fourth-order valence-electron chi connectivity index (χ4n) is 1.71. The second-order valence-electron chi connectivity index (χ2n) is 4.02. The van der Waals surface area contributed by atoms with E-state index in [-0.39, 0.29) is 12.0 Å². The van der Waals surface area contributed by atoms with Crippen molar-refractivity contribution in [2.45, 2.75) is 20.3 Å². The third kappa shape index (κ3) is 3.34. The number of nitrogens with zero attached hydrogens (tertiary/aromatic N) is 3. The predicted octanol–water partition coefficient (Wildman–Crippen LogP) is 2.67. The topological polar surface area (TPSA) is 69.2 Å². The van der Waals surface area contributed by atoms with Gasteiger partial charge >= 0.3 is 12.0 Å². The summed E-state index contributed by atoms with van der Waals surface area (Å²) in [7, 11) is 1.51. The molecular formula is C14H18N4O2. The molecular weight excluding hydrogens is 256 g/mol. The summed E-state index contributed by atoms with van der Waals surface area (Å²) in [6.07, 6.45) is 0.873. The normalized spacial score (nSPS) is 10.2. The molecule has 6 heteroatoms. The van der Waals surface area contributed by atoms with Crippen molar-refractivity contribution in [1.29, 1.82) is 0 Å². The Morgan fingerprint density at radius 3 is 2.50 bits per heavy atom. The van der Waals surface area contributed by atoms with Crippen LogP contribution in [0.1, 0.15) is 19.4 Å². The number of nitrogens with one attached hydrogen (secondary N) is 1. The molecule has 0 aliphatic carbocycles. The van der Waals surface area contributed by atoms with Crippen LogP contribution in [0.3, 0.4) is 0 Å². The highest BCUT2D eigenvalue weighted by molar-refractivity contribution is 5.36. The summed E-state index contributed by atoms with van der Waals surface area (Å²) < 4.78 is 10.8. The van der Waals surface area contributed by atoms with Crippen molar-refractivity contribution < 1.29 is 9.47 Å². The zero-order valence-corrected chi connectivity index (χ0v) is 11.9. The van der Waals surface area contributed by atoms with E-state index in [4.69, 9.17) is 9.47 Å². The Bertz CT molecular complexity index is 575. The minimum Gasteiger partial charge on any atom is -0.467 e. The van der Waals surface area contributed by atoms with E-state index in [0.717, 1.165) is 17.7 Å². The number of aryl methyl sites for hydroxylation is 1. The molecule has 0 spiro atoms. The Morgan fingerprint density at radius 2 is 1.80 bits per heavy atom. The highest BCUT2D eigenvalue weighted by Crippen LogP contribution is 2.24. The molecule has 1 heterocycles.